The van der Waals surface area contributed by atoms with Crippen LogP contribution in [-0.2, 0) is 23.9 Å². The van der Waals surface area contributed by atoms with Gasteiger partial charge in [0.05, 0.1) is 19.2 Å². The van der Waals surface area contributed by atoms with Crippen molar-refractivity contribution in [3.8, 4) is 0 Å². The van der Waals surface area contributed by atoms with Gasteiger partial charge in [-0.2, -0.15) is 0 Å². The molecule has 3 fully saturated rings. The number of carboxylic acid groups (broad SMARTS) is 1. The lowest BCUT2D eigenvalue weighted by Crippen LogP contribution is -2.61. The van der Waals surface area contributed by atoms with E-state index in [2.05, 4.69) is 26.7 Å². The summed E-state index contributed by atoms with van der Waals surface area (Å²) < 4.78 is 5.29. The monoisotopic (exact) mass is 700 g/mol. The molecule has 0 bridgehead atoms. The van der Waals surface area contributed by atoms with Crippen LogP contribution < -0.4 is 26.7 Å². The molecule has 15 nitrogen and oxygen atoms in total. The number of carboxylic acids is 1. The summed E-state index contributed by atoms with van der Waals surface area (Å²) in [6.45, 7) is 3.61. The topological polar surface area (TPSA) is 215 Å². The lowest BCUT2D eigenvalue weighted by molar-refractivity contribution is -0.142. The van der Waals surface area contributed by atoms with Gasteiger partial charge < -0.3 is 36.2 Å². The van der Waals surface area contributed by atoms with E-state index in [0.29, 0.717) is 12.0 Å². The summed E-state index contributed by atoms with van der Waals surface area (Å²) in [6.07, 6.45) is 5.69. The number of nitrogens with zero attached hydrogens (tertiary/aromatic N) is 1. The largest absolute Gasteiger partial charge is 0.479 e. The molecule has 50 heavy (non-hydrogen) atoms. The van der Waals surface area contributed by atoms with Gasteiger partial charge in [0.2, 0.25) is 5.91 Å². The van der Waals surface area contributed by atoms with Crippen molar-refractivity contribution in [1.82, 2.24) is 31.7 Å². The van der Waals surface area contributed by atoms with Crippen LogP contribution in [0.15, 0.2) is 30.3 Å². The molecule has 0 aliphatic heterocycles. The summed E-state index contributed by atoms with van der Waals surface area (Å²) in [5, 5.41) is 31.9. The molecule has 7 N–H and O–H groups in total. The molecule has 15 heteroatoms. The first-order valence-electron chi connectivity index (χ1n) is 17.8. The molecule has 0 heterocycles. The Balaban J connectivity index is 1.38. The van der Waals surface area contributed by atoms with Gasteiger partial charge in [0, 0.05) is 6.54 Å². The van der Waals surface area contributed by atoms with Gasteiger partial charge in [-0.05, 0) is 61.3 Å². The van der Waals surface area contributed by atoms with Gasteiger partial charge in [-0.1, -0.05) is 76.3 Å². The number of ether oxygens (including phenoxy) is 1. The molecule has 0 unspecified atom stereocenters. The number of benzene rings is 1. The van der Waals surface area contributed by atoms with Crippen molar-refractivity contribution in [2.24, 2.45) is 23.7 Å². The maximum Gasteiger partial charge on any atom is 0.407 e. The number of urea groups is 1. The predicted octanol–water partition coefficient (Wildman–Crippen LogP) is 2.36. The average molecular weight is 701 g/mol. The first-order valence-corrected chi connectivity index (χ1v) is 17.8. The number of hydrogen-bond acceptors (Lipinski definition) is 8. The highest BCUT2D eigenvalue weighted by atomic mass is 16.5. The van der Waals surface area contributed by atoms with Crippen molar-refractivity contribution in [3.63, 3.8) is 0 Å². The summed E-state index contributed by atoms with van der Waals surface area (Å²) in [5.74, 6) is -3.21. The lowest BCUT2D eigenvalue weighted by atomic mass is 9.83. The average Bonchev–Trinajstić information content (AvgIpc) is 4.04. The quantitative estimate of drug-likeness (QED) is 0.119. The van der Waals surface area contributed by atoms with E-state index in [1.807, 2.05) is 13.8 Å². The Bertz CT molecular complexity index is 1330. The van der Waals surface area contributed by atoms with Crippen LogP contribution in [0.4, 0.5) is 9.59 Å². The van der Waals surface area contributed by atoms with Gasteiger partial charge in [-0.25, -0.2) is 19.4 Å². The number of aliphatic carboxylic acids is 1. The molecular formula is C35H52N6O9. The highest BCUT2D eigenvalue weighted by molar-refractivity contribution is 5.90. The number of alkyl carbamates (subject to hydrolysis) is 1. The van der Waals surface area contributed by atoms with E-state index in [1.54, 1.807) is 30.3 Å². The third-order valence-corrected chi connectivity index (χ3v) is 9.20. The molecular weight excluding hydrogens is 648 g/mol. The van der Waals surface area contributed by atoms with Gasteiger partial charge in [0.1, 0.15) is 6.04 Å². The molecule has 0 aromatic heterocycles. The Morgan fingerprint density at radius 3 is 2.12 bits per heavy atom. The summed E-state index contributed by atoms with van der Waals surface area (Å²) in [5.41, 5.74) is 3.06. The number of rotatable bonds is 17. The Morgan fingerprint density at radius 1 is 0.860 bits per heavy atom. The van der Waals surface area contributed by atoms with E-state index in [0.717, 1.165) is 62.8 Å². The van der Waals surface area contributed by atoms with Crippen molar-refractivity contribution in [1.29, 1.82) is 0 Å². The Morgan fingerprint density at radius 2 is 1.52 bits per heavy atom. The van der Waals surface area contributed by atoms with Crippen LogP contribution in [0.5, 0.6) is 0 Å². The maximum absolute atomic E-state index is 13.7. The number of aliphatic hydroxyl groups excluding tert-OH is 1. The maximum atomic E-state index is 13.7. The van der Waals surface area contributed by atoms with Gasteiger partial charge in [0.25, 0.3) is 11.8 Å². The summed E-state index contributed by atoms with van der Waals surface area (Å²) in [6, 6.07) is 4.09. The van der Waals surface area contributed by atoms with E-state index in [-0.39, 0.29) is 36.8 Å². The second kappa shape index (κ2) is 18.6. The molecule has 4 rings (SSSR count). The van der Waals surface area contributed by atoms with Gasteiger partial charge in [-0.15, -0.1) is 0 Å². The third kappa shape index (κ3) is 12.5. The predicted molar refractivity (Wildman–Crippen MR) is 181 cm³/mol. The first kappa shape index (κ1) is 38.4. The van der Waals surface area contributed by atoms with E-state index >= 15 is 0 Å². The second-order valence-corrected chi connectivity index (χ2v) is 14.2. The van der Waals surface area contributed by atoms with E-state index in [4.69, 9.17) is 4.74 Å². The molecule has 3 aliphatic rings. The smallest absolute Gasteiger partial charge is 0.407 e. The van der Waals surface area contributed by atoms with Gasteiger partial charge in [0.15, 0.2) is 12.1 Å². The minimum atomic E-state index is -1.73. The number of carbonyl (C=O) groups excluding carboxylic acids is 5. The van der Waals surface area contributed by atoms with Crippen molar-refractivity contribution < 1.29 is 43.7 Å². The first-order chi connectivity index (χ1) is 23.9. The minimum absolute atomic E-state index is 0.113. The molecule has 0 saturated heterocycles. The van der Waals surface area contributed by atoms with Crippen molar-refractivity contribution in [3.05, 3.63) is 35.9 Å². The van der Waals surface area contributed by atoms with Crippen LogP contribution in [0.3, 0.4) is 0 Å². The van der Waals surface area contributed by atoms with Crippen LogP contribution >= 0.6 is 0 Å². The lowest BCUT2D eigenvalue weighted by Gasteiger charge is -2.33. The highest BCUT2D eigenvalue weighted by Gasteiger charge is 2.38. The van der Waals surface area contributed by atoms with Crippen LogP contribution in [0.25, 0.3) is 0 Å². The normalized spacial score (nSPS) is 18.5. The van der Waals surface area contributed by atoms with Gasteiger partial charge >= 0.3 is 18.1 Å². The number of nitrogens with one attached hydrogen (secondary N) is 5. The number of aliphatic hydroxyl groups is 1. The molecule has 3 aliphatic carbocycles. The third-order valence-electron chi connectivity index (χ3n) is 9.20. The van der Waals surface area contributed by atoms with E-state index in [1.165, 1.54) is 0 Å². The molecule has 3 saturated carbocycles. The van der Waals surface area contributed by atoms with Crippen LogP contribution in [0.2, 0.25) is 0 Å². The Kier molecular flexibility index (Phi) is 14.2. The summed E-state index contributed by atoms with van der Waals surface area (Å²) in [4.78, 5) is 77.4. The second-order valence-electron chi connectivity index (χ2n) is 14.2. The molecule has 0 spiro atoms. The fourth-order valence-electron chi connectivity index (χ4n) is 6.03. The molecule has 6 amide bonds. The number of hydrazine groups is 1. The van der Waals surface area contributed by atoms with Crippen molar-refractivity contribution in [2.45, 2.75) is 102 Å². The van der Waals surface area contributed by atoms with Crippen LogP contribution in [0.1, 0.15) is 89.7 Å². The molecule has 4 atom stereocenters. The zero-order valence-electron chi connectivity index (χ0n) is 28.9. The fraction of sp³-hybridized carbons (Fsp3) is 0.657. The Labute approximate surface area is 292 Å². The molecule has 1 aromatic carbocycles. The van der Waals surface area contributed by atoms with Crippen molar-refractivity contribution in [2.75, 3.05) is 19.7 Å². The van der Waals surface area contributed by atoms with Crippen molar-refractivity contribution >= 4 is 35.8 Å². The van der Waals surface area contributed by atoms with Crippen LogP contribution in [0, 0.1) is 23.7 Å². The number of hydrogen-bond donors (Lipinski definition) is 7. The number of amides is 6. The summed E-state index contributed by atoms with van der Waals surface area (Å²) in [7, 11) is 0. The fourth-order valence-corrected chi connectivity index (χ4v) is 6.03. The standard InChI is InChI=1S/C35H52N6O9/c1-21(2)20-50-35(49)39-28(24-9-5-3-6-10-24)31(44)40-41(19-23-15-16-23)34(48)37-26(17-22-13-14-22)30(43)32(45)36-18-27(42)38-29(33(46)47)25-11-7-4-8-12-25/h4,7-8,11-12,21-24,26,28-30,43H,3,5-6,9-10,13-20H2,1-2H3,(H,36,45)(H,37,48)(H,38,42)(H,39,49)(H,40,44)(H,46,47)/t26-,28-,29-,30+/m0/s1. The van der Waals surface area contributed by atoms with E-state index in [9.17, 15) is 39.0 Å². The SMILES string of the molecule is CC(C)COC(=O)N[C@H](C(=O)NN(CC1CC1)C(=O)N[C@@H](CC1CC1)[C@@H](O)C(=O)NCC(=O)N[C@H](C(=O)O)c1ccccc1)C1CCCCC1. The molecule has 276 valence electrons. The minimum Gasteiger partial charge on any atom is -0.479 e. The molecule has 0 radical (unpaired) electrons. The van der Waals surface area contributed by atoms with E-state index < -0.39 is 66.6 Å². The Hall–Kier alpha value is -4.40. The van der Waals surface area contributed by atoms with Gasteiger partial charge in [-0.3, -0.25) is 19.8 Å². The number of carbonyl (C=O) groups is 6. The zero-order chi connectivity index (χ0) is 36.2. The van der Waals surface area contributed by atoms with Crippen LogP contribution in [-0.4, -0.2) is 88.9 Å². The summed E-state index contributed by atoms with van der Waals surface area (Å²) >= 11 is 0. The zero-order valence-corrected chi connectivity index (χ0v) is 28.9. The highest BCUT2D eigenvalue weighted by Crippen LogP contribution is 2.34. The molecule has 1 aromatic rings.